The average Bonchev–Trinajstić information content (AvgIpc) is 2.98. The van der Waals surface area contributed by atoms with Gasteiger partial charge in [-0.25, -0.2) is 0 Å². The van der Waals surface area contributed by atoms with Crippen molar-refractivity contribution in [1.29, 1.82) is 0 Å². The monoisotopic (exact) mass is 343 g/mol. The molecule has 0 atom stereocenters. The molecule has 0 spiro atoms. The van der Waals surface area contributed by atoms with Gasteiger partial charge in [-0.1, -0.05) is 11.6 Å². The van der Waals surface area contributed by atoms with Crippen molar-refractivity contribution in [2.45, 2.75) is 0 Å². The molecular weight excluding hydrogens is 334 g/mol. The number of carbonyl (C=O) groups excluding carboxylic acids is 2. The summed E-state index contributed by atoms with van der Waals surface area (Å²) in [6.45, 7) is 0. The van der Waals surface area contributed by atoms with Crippen molar-refractivity contribution in [2.75, 3.05) is 5.73 Å². The Hall–Kier alpha value is -3.13. The van der Waals surface area contributed by atoms with Gasteiger partial charge in [0, 0.05) is 24.7 Å². The minimum absolute atomic E-state index is 0.0260. The number of fused-ring (bicyclic) bond motifs is 2. The van der Waals surface area contributed by atoms with Crippen LogP contribution in [0.25, 0.3) is 16.6 Å². The van der Waals surface area contributed by atoms with Crippen molar-refractivity contribution in [2.24, 2.45) is 7.05 Å². The van der Waals surface area contributed by atoms with Crippen LogP contribution in [0.3, 0.4) is 0 Å². The first-order chi connectivity index (χ1) is 11.4. The number of benzene rings is 1. The number of anilines is 1. The number of imide groups is 1. The maximum absolute atomic E-state index is 12.5. The van der Waals surface area contributed by atoms with Crippen LogP contribution in [0.5, 0.6) is 0 Å². The molecule has 120 valence electrons. The van der Waals surface area contributed by atoms with Crippen LogP contribution in [-0.4, -0.2) is 26.2 Å². The normalized spacial score (nSPS) is 13.4. The van der Waals surface area contributed by atoms with E-state index in [-0.39, 0.29) is 22.0 Å². The summed E-state index contributed by atoms with van der Waals surface area (Å²) in [4.78, 5) is 36.1. The Morgan fingerprint density at radius 3 is 2.67 bits per heavy atom. The summed E-state index contributed by atoms with van der Waals surface area (Å²) < 4.78 is 2.73. The Labute approximate surface area is 139 Å². The third-order valence-corrected chi connectivity index (χ3v) is 4.18. The van der Waals surface area contributed by atoms with Crippen LogP contribution in [0.1, 0.15) is 20.7 Å². The van der Waals surface area contributed by atoms with Crippen LogP contribution in [0.2, 0.25) is 5.02 Å². The maximum Gasteiger partial charge on any atom is 0.262 e. The third-order valence-electron chi connectivity index (χ3n) is 3.88. The minimum atomic E-state index is -0.639. The largest absolute Gasteiger partial charge is 0.384 e. The van der Waals surface area contributed by atoms with Crippen LogP contribution in [-0.2, 0) is 7.05 Å². The maximum atomic E-state index is 12.5. The molecule has 9 heteroatoms. The second kappa shape index (κ2) is 4.68. The van der Waals surface area contributed by atoms with E-state index in [9.17, 15) is 14.4 Å². The summed E-state index contributed by atoms with van der Waals surface area (Å²) in [5, 5.41) is 7.36. The molecule has 1 aliphatic heterocycles. The fraction of sp³-hybridized carbons (Fsp3) is 0.0667. The molecule has 3 heterocycles. The predicted octanol–water partition coefficient (Wildman–Crippen LogP) is 0.843. The standard InChI is InChI=1S/C15H10ClN5O3/c1-20-5-6-2-10(8(16)4-9(6)19-20)21-11(22)3-7-12(13(21)17)15(24)18-14(7)23/h2-5H,17H2,1H3,(H,18,23,24). The van der Waals surface area contributed by atoms with E-state index in [1.165, 1.54) is 0 Å². The van der Waals surface area contributed by atoms with Gasteiger partial charge in [-0.15, -0.1) is 0 Å². The van der Waals surface area contributed by atoms with Gasteiger partial charge in [0.05, 0.1) is 27.4 Å². The lowest BCUT2D eigenvalue weighted by atomic mass is 10.1. The molecule has 0 bridgehead atoms. The molecule has 1 aliphatic rings. The topological polar surface area (TPSA) is 112 Å². The number of aryl methyl sites for hydroxylation is 1. The molecule has 3 aromatic rings. The van der Waals surface area contributed by atoms with Crippen molar-refractivity contribution < 1.29 is 9.59 Å². The lowest BCUT2D eigenvalue weighted by Gasteiger charge is -2.13. The molecule has 0 saturated heterocycles. The van der Waals surface area contributed by atoms with Crippen molar-refractivity contribution in [3.63, 3.8) is 0 Å². The summed E-state index contributed by atoms with van der Waals surface area (Å²) in [5.41, 5.74) is 6.37. The number of rotatable bonds is 1. The molecule has 1 aromatic carbocycles. The van der Waals surface area contributed by atoms with Gasteiger partial charge in [-0.05, 0) is 12.1 Å². The van der Waals surface area contributed by atoms with E-state index in [2.05, 4.69) is 10.4 Å². The Morgan fingerprint density at radius 2 is 1.92 bits per heavy atom. The number of hydrogen-bond donors (Lipinski definition) is 2. The molecule has 0 radical (unpaired) electrons. The predicted molar refractivity (Wildman–Crippen MR) is 87.5 cm³/mol. The van der Waals surface area contributed by atoms with Crippen LogP contribution >= 0.6 is 11.6 Å². The molecule has 0 aliphatic carbocycles. The van der Waals surface area contributed by atoms with Gasteiger partial charge in [0.15, 0.2) is 0 Å². The quantitative estimate of drug-likeness (QED) is 0.636. The van der Waals surface area contributed by atoms with E-state index in [1.54, 1.807) is 30.1 Å². The first-order valence-electron chi connectivity index (χ1n) is 6.91. The molecule has 24 heavy (non-hydrogen) atoms. The number of nitrogens with two attached hydrogens (primary N) is 1. The zero-order chi connectivity index (χ0) is 17.2. The van der Waals surface area contributed by atoms with Crippen molar-refractivity contribution in [3.8, 4) is 5.69 Å². The summed E-state index contributed by atoms with van der Waals surface area (Å²) in [6, 6.07) is 4.34. The van der Waals surface area contributed by atoms with Gasteiger partial charge < -0.3 is 5.73 Å². The van der Waals surface area contributed by atoms with Crippen molar-refractivity contribution in [3.05, 3.63) is 50.9 Å². The number of nitrogen functional groups attached to an aromatic ring is 1. The molecule has 0 fully saturated rings. The Balaban J connectivity index is 2.06. The van der Waals surface area contributed by atoms with Gasteiger partial charge in [-0.3, -0.25) is 28.9 Å². The first kappa shape index (κ1) is 14.5. The zero-order valence-electron chi connectivity index (χ0n) is 12.3. The molecule has 2 aromatic heterocycles. The van der Waals surface area contributed by atoms with Crippen molar-refractivity contribution in [1.82, 2.24) is 19.7 Å². The van der Waals surface area contributed by atoms with Gasteiger partial charge in [0.2, 0.25) is 0 Å². The lowest BCUT2D eigenvalue weighted by Crippen LogP contribution is -2.24. The number of aromatic nitrogens is 3. The fourth-order valence-electron chi connectivity index (χ4n) is 2.86. The van der Waals surface area contributed by atoms with E-state index >= 15 is 0 Å². The van der Waals surface area contributed by atoms with Gasteiger partial charge in [0.1, 0.15) is 5.82 Å². The Bertz CT molecular complexity index is 1130. The number of halogens is 1. The second-order valence-corrected chi connectivity index (χ2v) is 5.85. The van der Waals surface area contributed by atoms with Crippen LogP contribution in [0.4, 0.5) is 5.82 Å². The van der Waals surface area contributed by atoms with E-state index in [0.29, 0.717) is 11.2 Å². The fourth-order valence-corrected chi connectivity index (χ4v) is 3.10. The van der Waals surface area contributed by atoms with E-state index in [1.807, 2.05) is 0 Å². The highest BCUT2D eigenvalue weighted by Crippen LogP contribution is 2.29. The highest BCUT2D eigenvalue weighted by Gasteiger charge is 2.32. The van der Waals surface area contributed by atoms with Crippen LogP contribution < -0.4 is 16.6 Å². The van der Waals surface area contributed by atoms with Crippen LogP contribution in [0, 0.1) is 0 Å². The molecular formula is C15H10ClN5O3. The lowest BCUT2D eigenvalue weighted by molar-refractivity contribution is 0.0880. The summed E-state index contributed by atoms with van der Waals surface area (Å²) >= 11 is 6.27. The van der Waals surface area contributed by atoms with Gasteiger partial charge in [0.25, 0.3) is 17.4 Å². The first-order valence-corrected chi connectivity index (χ1v) is 7.29. The van der Waals surface area contributed by atoms with E-state index in [4.69, 9.17) is 17.3 Å². The SMILES string of the molecule is Cn1cc2cc(-n3c(N)c4c(cc3=O)C(=O)NC4=O)c(Cl)cc2n1. The second-order valence-electron chi connectivity index (χ2n) is 5.44. The van der Waals surface area contributed by atoms with Crippen LogP contribution in [0.15, 0.2) is 29.2 Å². The van der Waals surface area contributed by atoms with E-state index < -0.39 is 17.4 Å². The Morgan fingerprint density at radius 1 is 1.17 bits per heavy atom. The number of carbonyl (C=O) groups is 2. The molecule has 8 nitrogen and oxygen atoms in total. The smallest absolute Gasteiger partial charge is 0.262 e. The Kier molecular flexibility index (Phi) is 2.82. The third kappa shape index (κ3) is 1.86. The van der Waals surface area contributed by atoms with Gasteiger partial charge >= 0.3 is 0 Å². The number of pyridine rings is 1. The number of hydrogen-bond acceptors (Lipinski definition) is 5. The molecule has 4 rings (SSSR count). The van der Waals surface area contributed by atoms with Gasteiger partial charge in [-0.2, -0.15) is 5.10 Å². The molecule has 0 unspecified atom stereocenters. The molecule has 0 saturated carbocycles. The summed E-state index contributed by atoms with van der Waals surface area (Å²) in [6.07, 6.45) is 1.76. The number of nitrogens with zero attached hydrogens (tertiary/aromatic N) is 3. The average molecular weight is 344 g/mol. The summed E-state index contributed by atoms with van der Waals surface area (Å²) in [5.74, 6) is -1.41. The van der Waals surface area contributed by atoms with Crippen molar-refractivity contribution >= 4 is 40.1 Å². The highest BCUT2D eigenvalue weighted by atomic mass is 35.5. The number of nitrogens with one attached hydrogen (secondary N) is 1. The minimum Gasteiger partial charge on any atom is -0.384 e. The number of amides is 2. The summed E-state index contributed by atoms with van der Waals surface area (Å²) in [7, 11) is 1.76. The molecule has 2 amide bonds. The van der Waals surface area contributed by atoms with E-state index in [0.717, 1.165) is 16.0 Å². The molecule has 3 N–H and O–H groups in total. The zero-order valence-corrected chi connectivity index (χ0v) is 13.1. The highest BCUT2D eigenvalue weighted by molar-refractivity contribution is 6.33.